The van der Waals surface area contributed by atoms with Crippen LogP contribution in [0.4, 0.5) is 8.78 Å². The van der Waals surface area contributed by atoms with Crippen molar-refractivity contribution in [1.29, 1.82) is 0 Å². The Morgan fingerprint density at radius 1 is 1.09 bits per heavy atom. The van der Waals surface area contributed by atoms with Crippen molar-refractivity contribution in [3.8, 4) is 0 Å². The van der Waals surface area contributed by atoms with E-state index in [0.717, 1.165) is 0 Å². The third-order valence-electron chi connectivity index (χ3n) is 7.52. The van der Waals surface area contributed by atoms with E-state index in [4.69, 9.17) is 23.4 Å². The summed E-state index contributed by atoms with van der Waals surface area (Å²) in [6.45, 7) is 14.3. The number of esters is 1. The monoisotopic (exact) mass is 498 g/mol. The summed E-state index contributed by atoms with van der Waals surface area (Å²) in [6.07, 6.45) is -4.03. The zero-order valence-electron chi connectivity index (χ0n) is 21.4. The van der Waals surface area contributed by atoms with Crippen molar-refractivity contribution in [3.05, 3.63) is 0 Å². The molecule has 1 unspecified atom stereocenters. The maximum Gasteiger partial charge on any atom is 0.380 e. The van der Waals surface area contributed by atoms with Gasteiger partial charge in [-0.1, -0.05) is 20.8 Å². The van der Waals surface area contributed by atoms with Crippen molar-refractivity contribution < 1.29 is 46.8 Å². The third-order valence-corrected chi connectivity index (χ3v) is 12.0. The lowest BCUT2D eigenvalue weighted by atomic mass is 9.74. The molecule has 1 saturated carbocycles. The summed E-state index contributed by atoms with van der Waals surface area (Å²) in [6, 6.07) is 0. The molecule has 2 fully saturated rings. The molecule has 33 heavy (non-hydrogen) atoms. The number of carbonyl (C=O) groups is 1. The van der Waals surface area contributed by atoms with E-state index in [9.17, 15) is 9.90 Å². The van der Waals surface area contributed by atoms with Crippen LogP contribution in [0.3, 0.4) is 0 Å². The normalized spacial score (nSPS) is 38.0. The molecule has 11 heteroatoms. The van der Waals surface area contributed by atoms with Crippen LogP contribution in [0, 0.1) is 0 Å². The van der Waals surface area contributed by atoms with Gasteiger partial charge in [-0.05, 0) is 38.9 Å². The minimum Gasteiger partial charge on any atom is -0.461 e. The van der Waals surface area contributed by atoms with Gasteiger partial charge in [-0.3, -0.25) is 0 Å². The van der Waals surface area contributed by atoms with Gasteiger partial charge in [0.15, 0.2) is 8.32 Å². The minimum absolute atomic E-state index is 0.242. The summed E-state index contributed by atoms with van der Waals surface area (Å²) in [5.41, 5.74) is -2.77. The SMILES string of the molecule is CCOC(=O)C(F)(F)[C@@]1(O)C[C@H]2O[C@](C)(OC)[C@@](C)(OC)OC2[C@H](O[Si](C)(C)C(C)(C)C)C1. The Morgan fingerprint density at radius 2 is 1.61 bits per heavy atom. The van der Waals surface area contributed by atoms with Crippen LogP contribution in [0.2, 0.25) is 18.1 Å². The van der Waals surface area contributed by atoms with Crippen LogP contribution in [0.15, 0.2) is 0 Å². The smallest absolute Gasteiger partial charge is 0.380 e. The number of rotatable bonds is 7. The molecule has 1 saturated heterocycles. The van der Waals surface area contributed by atoms with E-state index in [-0.39, 0.29) is 11.6 Å². The van der Waals surface area contributed by atoms with Crippen LogP contribution in [0.5, 0.6) is 0 Å². The molecule has 2 rings (SSSR count). The Balaban J connectivity index is 2.54. The fourth-order valence-electron chi connectivity index (χ4n) is 4.04. The van der Waals surface area contributed by atoms with Crippen molar-refractivity contribution in [1.82, 2.24) is 0 Å². The molecule has 0 bridgehead atoms. The summed E-state index contributed by atoms with van der Waals surface area (Å²) in [5.74, 6) is -8.82. The van der Waals surface area contributed by atoms with E-state index in [1.807, 2.05) is 33.9 Å². The molecular formula is C22H40F2O8Si. The van der Waals surface area contributed by atoms with E-state index in [2.05, 4.69) is 4.74 Å². The van der Waals surface area contributed by atoms with Gasteiger partial charge in [-0.15, -0.1) is 0 Å². The van der Waals surface area contributed by atoms with Crippen molar-refractivity contribution >= 4 is 14.3 Å². The molecule has 194 valence electrons. The second kappa shape index (κ2) is 9.07. The van der Waals surface area contributed by atoms with Crippen molar-refractivity contribution in [2.45, 2.75) is 114 Å². The first kappa shape index (κ1) is 28.5. The first-order chi connectivity index (χ1) is 14.8. The molecule has 0 aromatic rings. The van der Waals surface area contributed by atoms with Gasteiger partial charge in [0.2, 0.25) is 11.6 Å². The van der Waals surface area contributed by atoms with Crippen LogP contribution >= 0.6 is 0 Å². The molecule has 0 spiro atoms. The average molecular weight is 499 g/mol. The topological polar surface area (TPSA) is 92.7 Å². The second-order valence-electron chi connectivity index (χ2n) is 10.7. The highest BCUT2D eigenvalue weighted by molar-refractivity contribution is 6.74. The summed E-state index contributed by atoms with van der Waals surface area (Å²) in [4.78, 5) is 12.1. The highest BCUT2D eigenvalue weighted by atomic mass is 28.4. The van der Waals surface area contributed by atoms with Gasteiger partial charge in [-0.25, -0.2) is 4.79 Å². The molecule has 0 amide bonds. The van der Waals surface area contributed by atoms with E-state index < -0.39 is 68.5 Å². The fourth-order valence-corrected chi connectivity index (χ4v) is 5.37. The first-order valence-corrected chi connectivity index (χ1v) is 14.1. The predicted octanol–water partition coefficient (Wildman–Crippen LogP) is 3.61. The Labute approximate surface area is 196 Å². The third kappa shape index (κ3) is 4.87. The summed E-state index contributed by atoms with van der Waals surface area (Å²) >= 11 is 0. The number of hydrogen-bond donors (Lipinski definition) is 1. The molecule has 1 N–H and O–H groups in total. The molecule has 0 radical (unpaired) electrons. The highest BCUT2D eigenvalue weighted by Crippen LogP contribution is 2.51. The Morgan fingerprint density at radius 3 is 2.06 bits per heavy atom. The molecule has 1 aliphatic heterocycles. The number of ether oxygens (including phenoxy) is 5. The largest absolute Gasteiger partial charge is 0.461 e. The molecular weight excluding hydrogens is 458 g/mol. The van der Waals surface area contributed by atoms with Gasteiger partial charge in [0, 0.05) is 27.1 Å². The second-order valence-corrected chi connectivity index (χ2v) is 15.4. The van der Waals surface area contributed by atoms with Crippen LogP contribution in [-0.4, -0.2) is 81.6 Å². The van der Waals surface area contributed by atoms with Crippen LogP contribution < -0.4 is 0 Å². The number of hydrogen-bond acceptors (Lipinski definition) is 8. The average Bonchev–Trinajstić information content (AvgIpc) is 2.68. The quantitative estimate of drug-likeness (QED) is 0.420. The zero-order valence-corrected chi connectivity index (χ0v) is 22.4. The van der Waals surface area contributed by atoms with Gasteiger partial charge in [0.25, 0.3) is 0 Å². The van der Waals surface area contributed by atoms with Gasteiger partial charge in [0.1, 0.15) is 11.7 Å². The molecule has 1 aliphatic carbocycles. The van der Waals surface area contributed by atoms with Crippen molar-refractivity contribution in [2.75, 3.05) is 20.8 Å². The molecule has 0 aromatic heterocycles. The van der Waals surface area contributed by atoms with E-state index in [0.29, 0.717) is 0 Å². The minimum atomic E-state index is -4.18. The number of alkyl halides is 2. The number of methoxy groups -OCH3 is 2. The first-order valence-electron chi connectivity index (χ1n) is 11.2. The maximum absolute atomic E-state index is 15.2. The Kier molecular flexibility index (Phi) is 7.84. The standard InChI is InChI=1S/C22H40F2O8Si/c1-11-29-17(25)22(23,24)21(26)12-14-16(15(13-21)32-33(9,10)18(2,3)4)31-20(6,28-8)19(5,27-7)30-14/h14-16,26H,11-13H2,1-10H3/t14-,15-,16?,19+,20+,21-/m1/s1. The molecule has 1 heterocycles. The lowest BCUT2D eigenvalue weighted by molar-refractivity contribution is -0.463. The van der Waals surface area contributed by atoms with Gasteiger partial charge < -0.3 is 33.2 Å². The highest BCUT2D eigenvalue weighted by Gasteiger charge is 2.69. The lowest BCUT2D eigenvalue weighted by Gasteiger charge is -2.58. The molecule has 0 aromatic carbocycles. The van der Waals surface area contributed by atoms with Crippen molar-refractivity contribution in [3.63, 3.8) is 0 Å². The van der Waals surface area contributed by atoms with Gasteiger partial charge in [0.05, 0.1) is 18.8 Å². The predicted molar refractivity (Wildman–Crippen MR) is 118 cm³/mol. The van der Waals surface area contributed by atoms with Crippen molar-refractivity contribution in [2.24, 2.45) is 0 Å². The Hall–Kier alpha value is -0.693. The van der Waals surface area contributed by atoms with Crippen LogP contribution in [0.25, 0.3) is 0 Å². The van der Waals surface area contributed by atoms with Crippen LogP contribution in [-0.2, 0) is 32.9 Å². The maximum atomic E-state index is 15.2. The number of carbonyl (C=O) groups excluding carboxylic acids is 1. The number of aliphatic hydroxyl groups is 1. The zero-order chi connectivity index (χ0) is 25.7. The fraction of sp³-hybridized carbons (Fsp3) is 0.955. The number of fused-ring (bicyclic) bond motifs is 1. The van der Waals surface area contributed by atoms with Crippen LogP contribution in [0.1, 0.15) is 54.4 Å². The molecule has 8 nitrogen and oxygen atoms in total. The summed E-state index contributed by atoms with van der Waals surface area (Å²) in [5, 5.41) is 11.0. The lowest BCUT2D eigenvalue weighted by Crippen LogP contribution is -2.73. The summed E-state index contributed by atoms with van der Waals surface area (Å²) < 4.78 is 65.0. The van der Waals surface area contributed by atoms with Gasteiger partial charge >= 0.3 is 11.9 Å². The van der Waals surface area contributed by atoms with E-state index in [1.54, 1.807) is 13.8 Å². The van der Waals surface area contributed by atoms with E-state index >= 15 is 8.78 Å². The number of halogens is 2. The molecule has 2 aliphatic rings. The van der Waals surface area contributed by atoms with Gasteiger partial charge in [-0.2, -0.15) is 8.78 Å². The summed E-state index contributed by atoms with van der Waals surface area (Å²) in [7, 11) is 0.298. The Bertz CT molecular complexity index is 730. The molecule has 6 atom stereocenters. The van der Waals surface area contributed by atoms with E-state index in [1.165, 1.54) is 21.1 Å².